The Kier molecular flexibility index (Phi) is 9.63. The Hall–Kier alpha value is -0.640. The van der Waals surface area contributed by atoms with Gasteiger partial charge in [0, 0.05) is 25.5 Å². The van der Waals surface area contributed by atoms with Crippen LogP contribution in [0.15, 0.2) is 16.9 Å². The minimum atomic E-state index is 0.876. The Morgan fingerprint density at radius 2 is 1.35 bits per heavy atom. The van der Waals surface area contributed by atoms with E-state index in [0.29, 0.717) is 0 Å². The second kappa shape index (κ2) is 11.1. The molecule has 0 atom stereocenters. The first-order valence-corrected chi connectivity index (χ1v) is 8.79. The summed E-state index contributed by atoms with van der Waals surface area (Å²) in [5.41, 5.74) is 0. The van der Waals surface area contributed by atoms with Crippen LogP contribution in [0.4, 0.5) is 5.95 Å². The van der Waals surface area contributed by atoms with Crippen molar-refractivity contribution in [3.05, 3.63) is 16.9 Å². The lowest BCUT2D eigenvalue weighted by molar-refractivity contribution is 0.601. The molecule has 0 amide bonds. The van der Waals surface area contributed by atoms with Crippen LogP contribution in [-0.2, 0) is 0 Å². The molecule has 0 aliphatic carbocycles. The highest BCUT2D eigenvalue weighted by molar-refractivity contribution is 9.10. The molecule has 4 heteroatoms. The maximum absolute atomic E-state index is 4.44. The minimum Gasteiger partial charge on any atom is -0.341 e. The average Bonchev–Trinajstić information content (AvgIpc) is 2.47. The van der Waals surface area contributed by atoms with Crippen LogP contribution in [0.5, 0.6) is 0 Å². The molecule has 1 aromatic heterocycles. The lowest BCUT2D eigenvalue weighted by Gasteiger charge is -2.22. The highest BCUT2D eigenvalue weighted by Gasteiger charge is 2.08. The molecule has 0 bridgehead atoms. The first-order chi connectivity index (χ1) is 9.77. The van der Waals surface area contributed by atoms with Gasteiger partial charge < -0.3 is 4.90 Å². The number of halogens is 1. The molecule has 0 aliphatic heterocycles. The smallest absolute Gasteiger partial charge is 0.225 e. The van der Waals surface area contributed by atoms with Gasteiger partial charge in [0.2, 0.25) is 5.95 Å². The molecule has 0 aliphatic rings. The Labute approximate surface area is 132 Å². The molecule has 0 saturated heterocycles. The summed E-state index contributed by atoms with van der Waals surface area (Å²) in [5.74, 6) is 0.876. The standard InChI is InChI=1S/C16H28BrN3/c1-3-5-7-9-11-20(12-10-8-6-4-2)16-18-13-15(17)14-19-16/h13-14H,3-12H2,1-2H3. The Bertz CT molecular complexity index is 328. The van der Waals surface area contributed by atoms with Crippen LogP contribution in [0, 0.1) is 0 Å². The fraction of sp³-hybridized carbons (Fsp3) is 0.750. The molecule has 0 N–H and O–H groups in total. The lowest BCUT2D eigenvalue weighted by Crippen LogP contribution is -2.27. The van der Waals surface area contributed by atoms with E-state index < -0.39 is 0 Å². The Balaban J connectivity index is 2.47. The van der Waals surface area contributed by atoms with Crippen molar-refractivity contribution < 1.29 is 0 Å². The molecule has 1 rings (SSSR count). The summed E-state index contributed by atoms with van der Waals surface area (Å²) in [4.78, 5) is 11.2. The Morgan fingerprint density at radius 3 is 1.80 bits per heavy atom. The predicted octanol–water partition coefficient (Wildman–Crippen LogP) is 5.21. The number of anilines is 1. The van der Waals surface area contributed by atoms with E-state index in [9.17, 15) is 0 Å². The quantitative estimate of drug-likeness (QED) is 0.517. The van der Waals surface area contributed by atoms with Gasteiger partial charge in [-0.25, -0.2) is 9.97 Å². The average molecular weight is 342 g/mol. The third kappa shape index (κ3) is 7.22. The minimum absolute atomic E-state index is 0.876. The number of nitrogens with zero attached hydrogens (tertiary/aromatic N) is 3. The predicted molar refractivity (Wildman–Crippen MR) is 90.2 cm³/mol. The van der Waals surface area contributed by atoms with Crippen molar-refractivity contribution >= 4 is 21.9 Å². The maximum Gasteiger partial charge on any atom is 0.225 e. The zero-order chi connectivity index (χ0) is 14.6. The van der Waals surface area contributed by atoms with Gasteiger partial charge in [0.1, 0.15) is 0 Å². The van der Waals surface area contributed by atoms with Crippen LogP contribution < -0.4 is 4.90 Å². The van der Waals surface area contributed by atoms with E-state index in [4.69, 9.17) is 0 Å². The van der Waals surface area contributed by atoms with Gasteiger partial charge in [-0.1, -0.05) is 52.4 Å². The van der Waals surface area contributed by atoms with Crippen molar-refractivity contribution in [2.24, 2.45) is 0 Å². The molecule has 0 unspecified atom stereocenters. The van der Waals surface area contributed by atoms with Crippen molar-refractivity contribution in [3.63, 3.8) is 0 Å². The van der Waals surface area contributed by atoms with Crippen LogP contribution in [0.2, 0.25) is 0 Å². The van der Waals surface area contributed by atoms with Gasteiger partial charge in [-0.2, -0.15) is 0 Å². The molecule has 1 heterocycles. The zero-order valence-electron chi connectivity index (χ0n) is 12.9. The fourth-order valence-corrected chi connectivity index (χ4v) is 2.44. The van der Waals surface area contributed by atoms with Gasteiger partial charge in [-0.3, -0.25) is 0 Å². The van der Waals surface area contributed by atoms with E-state index in [1.807, 2.05) is 12.4 Å². The normalized spacial score (nSPS) is 10.8. The number of unbranched alkanes of at least 4 members (excludes halogenated alkanes) is 6. The van der Waals surface area contributed by atoms with E-state index in [1.54, 1.807) is 0 Å². The molecule has 114 valence electrons. The van der Waals surface area contributed by atoms with Crippen molar-refractivity contribution in [1.29, 1.82) is 0 Å². The highest BCUT2D eigenvalue weighted by Crippen LogP contribution is 2.14. The summed E-state index contributed by atoms with van der Waals surface area (Å²) in [6, 6.07) is 0. The number of hydrogen-bond donors (Lipinski definition) is 0. The van der Waals surface area contributed by atoms with Crippen LogP contribution in [-0.4, -0.2) is 23.1 Å². The van der Waals surface area contributed by atoms with Gasteiger partial charge in [-0.15, -0.1) is 0 Å². The van der Waals surface area contributed by atoms with Gasteiger partial charge in [0.15, 0.2) is 0 Å². The largest absolute Gasteiger partial charge is 0.341 e. The number of rotatable bonds is 11. The van der Waals surface area contributed by atoms with Crippen LogP contribution in [0.25, 0.3) is 0 Å². The highest BCUT2D eigenvalue weighted by atomic mass is 79.9. The summed E-state index contributed by atoms with van der Waals surface area (Å²) in [6.07, 6.45) is 14.0. The van der Waals surface area contributed by atoms with Crippen LogP contribution in [0.3, 0.4) is 0 Å². The maximum atomic E-state index is 4.44. The topological polar surface area (TPSA) is 29.0 Å². The fourth-order valence-electron chi connectivity index (χ4n) is 2.24. The molecule has 1 aromatic rings. The van der Waals surface area contributed by atoms with E-state index in [0.717, 1.165) is 23.5 Å². The molecule has 0 fully saturated rings. The van der Waals surface area contributed by atoms with Crippen LogP contribution >= 0.6 is 15.9 Å². The third-order valence-corrected chi connectivity index (χ3v) is 3.86. The molecular weight excluding hydrogens is 314 g/mol. The van der Waals surface area contributed by atoms with Crippen molar-refractivity contribution in [3.8, 4) is 0 Å². The first-order valence-electron chi connectivity index (χ1n) is 8.00. The van der Waals surface area contributed by atoms with Crippen molar-refractivity contribution in [2.75, 3.05) is 18.0 Å². The number of hydrogen-bond acceptors (Lipinski definition) is 3. The van der Waals surface area contributed by atoms with E-state index in [-0.39, 0.29) is 0 Å². The summed E-state index contributed by atoms with van der Waals surface area (Å²) >= 11 is 3.40. The monoisotopic (exact) mass is 341 g/mol. The summed E-state index contributed by atoms with van der Waals surface area (Å²) < 4.78 is 0.943. The molecule has 0 spiro atoms. The van der Waals surface area contributed by atoms with Gasteiger partial charge >= 0.3 is 0 Å². The summed E-state index contributed by atoms with van der Waals surface area (Å²) in [7, 11) is 0. The summed E-state index contributed by atoms with van der Waals surface area (Å²) in [6.45, 7) is 6.65. The van der Waals surface area contributed by atoms with Gasteiger partial charge in [-0.05, 0) is 28.8 Å². The first kappa shape index (κ1) is 17.4. The molecule has 20 heavy (non-hydrogen) atoms. The van der Waals surface area contributed by atoms with Gasteiger partial charge in [0.25, 0.3) is 0 Å². The van der Waals surface area contributed by atoms with Crippen molar-refractivity contribution in [2.45, 2.75) is 65.2 Å². The Morgan fingerprint density at radius 1 is 0.850 bits per heavy atom. The summed E-state index contributed by atoms with van der Waals surface area (Å²) in [5, 5.41) is 0. The zero-order valence-corrected chi connectivity index (χ0v) is 14.5. The molecule has 3 nitrogen and oxygen atoms in total. The molecule has 0 aromatic carbocycles. The molecular formula is C16H28BrN3. The SMILES string of the molecule is CCCCCCN(CCCCCC)c1ncc(Br)cn1. The van der Waals surface area contributed by atoms with E-state index >= 15 is 0 Å². The van der Waals surface area contributed by atoms with E-state index in [2.05, 4.69) is 44.6 Å². The number of aromatic nitrogens is 2. The lowest BCUT2D eigenvalue weighted by atomic mass is 10.2. The van der Waals surface area contributed by atoms with E-state index in [1.165, 1.54) is 51.4 Å². The second-order valence-electron chi connectivity index (χ2n) is 5.31. The van der Waals surface area contributed by atoms with Crippen molar-refractivity contribution in [1.82, 2.24) is 9.97 Å². The molecule has 0 saturated carbocycles. The van der Waals surface area contributed by atoms with Gasteiger partial charge in [0.05, 0.1) is 4.47 Å². The second-order valence-corrected chi connectivity index (χ2v) is 6.23. The third-order valence-electron chi connectivity index (χ3n) is 3.45. The van der Waals surface area contributed by atoms with Crippen LogP contribution in [0.1, 0.15) is 65.2 Å². The molecule has 0 radical (unpaired) electrons.